The fraction of sp³-hybridized carbons (Fsp3) is 0.714. The maximum Gasteiger partial charge on any atom is 0.315 e. The van der Waals surface area contributed by atoms with Crippen LogP contribution in [0.4, 0.5) is 10.6 Å². The Bertz CT molecular complexity index is 569. The number of rotatable bonds is 10. The predicted molar refractivity (Wildman–Crippen MR) is 116 cm³/mol. The summed E-state index contributed by atoms with van der Waals surface area (Å²) in [5.41, 5.74) is 1.02. The maximum absolute atomic E-state index is 11.9. The summed E-state index contributed by atoms with van der Waals surface area (Å²) >= 11 is 0. The van der Waals surface area contributed by atoms with Gasteiger partial charge in [-0.2, -0.15) is 0 Å². The summed E-state index contributed by atoms with van der Waals surface area (Å²) in [6.45, 7) is 14.2. The van der Waals surface area contributed by atoms with Crippen LogP contribution in [0.1, 0.15) is 39.2 Å². The summed E-state index contributed by atoms with van der Waals surface area (Å²) in [4.78, 5) is 23.6. The molecular formula is C21H38N6O. The summed E-state index contributed by atoms with van der Waals surface area (Å²) in [5, 5.41) is 5.84. The number of hydrogen-bond acceptors (Lipinski definition) is 5. The molecule has 0 aromatic carbocycles. The standard InChI is InChI=1S/C21H38N6O/c1-5-26-12-14-27(15-13-26)20-9-8-19(16-23-20)17-24-21(28)22-10-6-7-11-25(4)18(2)3/h8-9,16,18H,5-7,10-15,17H2,1-4H3,(H2,22,24,28). The molecule has 158 valence electrons. The van der Waals surface area contributed by atoms with Crippen molar-refractivity contribution in [2.75, 3.05) is 57.8 Å². The van der Waals surface area contributed by atoms with Crippen molar-refractivity contribution in [1.82, 2.24) is 25.4 Å². The van der Waals surface area contributed by atoms with Crippen molar-refractivity contribution >= 4 is 11.8 Å². The maximum atomic E-state index is 11.9. The van der Waals surface area contributed by atoms with Gasteiger partial charge in [0.25, 0.3) is 0 Å². The molecule has 2 amide bonds. The first-order chi connectivity index (χ1) is 13.5. The van der Waals surface area contributed by atoms with Gasteiger partial charge in [0.1, 0.15) is 5.82 Å². The Hall–Kier alpha value is -1.86. The number of piperazine rings is 1. The van der Waals surface area contributed by atoms with E-state index in [-0.39, 0.29) is 6.03 Å². The van der Waals surface area contributed by atoms with E-state index in [0.717, 1.165) is 63.5 Å². The molecule has 0 aliphatic carbocycles. The highest BCUT2D eigenvalue weighted by atomic mass is 16.2. The zero-order chi connectivity index (χ0) is 20.4. The second-order valence-corrected chi connectivity index (χ2v) is 7.84. The van der Waals surface area contributed by atoms with Crippen molar-refractivity contribution < 1.29 is 4.79 Å². The van der Waals surface area contributed by atoms with E-state index in [4.69, 9.17) is 0 Å². The fourth-order valence-electron chi connectivity index (χ4n) is 3.19. The molecule has 7 nitrogen and oxygen atoms in total. The van der Waals surface area contributed by atoms with Gasteiger partial charge >= 0.3 is 6.03 Å². The summed E-state index contributed by atoms with van der Waals surface area (Å²) in [7, 11) is 2.13. The Balaban J connectivity index is 1.61. The Kier molecular flexibility index (Phi) is 9.50. The SMILES string of the molecule is CCN1CCN(c2ccc(CNC(=O)NCCCCN(C)C(C)C)cn2)CC1. The Morgan fingerprint density at radius 3 is 2.54 bits per heavy atom. The smallest absolute Gasteiger partial charge is 0.315 e. The molecule has 1 aromatic rings. The van der Waals surface area contributed by atoms with Crippen LogP contribution in [-0.4, -0.2) is 79.7 Å². The summed E-state index contributed by atoms with van der Waals surface area (Å²) in [6, 6.07) is 4.56. The van der Waals surface area contributed by atoms with Crippen LogP contribution in [0.5, 0.6) is 0 Å². The number of anilines is 1. The van der Waals surface area contributed by atoms with Gasteiger partial charge in [0, 0.05) is 51.5 Å². The molecule has 2 heterocycles. The molecule has 1 aliphatic rings. The Morgan fingerprint density at radius 2 is 1.93 bits per heavy atom. The van der Waals surface area contributed by atoms with Crippen molar-refractivity contribution in [2.45, 2.75) is 46.2 Å². The van der Waals surface area contributed by atoms with Crippen LogP contribution in [0, 0.1) is 0 Å². The van der Waals surface area contributed by atoms with Crippen molar-refractivity contribution in [3.63, 3.8) is 0 Å². The third-order valence-corrected chi connectivity index (χ3v) is 5.51. The summed E-state index contributed by atoms with van der Waals surface area (Å²) < 4.78 is 0. The van der Waals surface area contributed by atoms with Gasteiger partial charge in [-0.1, -0.05) is 13.0 Å². The first kappa shape index (κ1) is 22.4. The lowest BCUT2D eigenvalue weighted by molar-refractivity contribution is 0.239. The third kappa shape index (κ3) is 7.64. The first-order valence-corrected chi connectivity index (χ1v) is 10.6. The summed E-state index contributed by atoms with van der Waals surface area (Å²) in [5.74, 6) is 1.02. The Morgan fingerprint density at radius 1 is 1.18 bits per heavy atom. The highest BCUT2D eigenvalue weighted by Gasteiger charge is 2.16. The number of amides is 2. The highest BCUT2D eigenvalue weighted by Crippen LogP contribution is 2.14. The van der Waals surface area contributed by atoms with Crippen molar-refractivity contribution in [1.29, 1.82) is 0 Å². The molecule has 2 N–H and O–H groups in total. The number of carbonyl (C=O) groups excluding carboxylic acids is 1. The van der Waals surface area contributed by atoms with Crippen LogP contribution >= 0.6 is 0 Å². The minimum Gasteiger partial charge on any atom is -0.354 e. The van der Waals surface area contributed by atoms with Gasteiger partial charge in [0.15, 0.2) is 0 Å². The number of hydrogen-bond donors (Lipinski definition) is 2. The molecule has 0 unspecified atom stereocenters. The van der Waals surface area contributed by atoms with E-state index in [0.29, 0.717) is 19.1 Å². The van der Waals surface area contributed by atoms with Gasteiger partial charge in [-0.15, -0.1) is 0 Å². The molecule has 1 saturated heterocycles. The number of nitrogens with zero attached hydrogens (tertiary/aromatic N) is 4. The third-order valence-electron chi connectivity index (χ3n) is 5.51. The molecule has 0 atom stereocenters. The zero-order valence-corrected chi connectivity index (χ0v) is 18.1. The molecule has 7 heteroatoms. The van der Waals surface area contributed by atoms with E-state index in [2.05, 4.69) is 70.3 Å². The van der Waals surface area contributed by atoms with Crippen molar-refractivity contribution in [2.24, 2.45) is 0 Å². The lowest BCUT2D eigenvalue weighted by Crippen LogP contribution is -2.46. The average Bonchev–Trinajstić information content (AvgIpc) is 2.72. The number of unbranched alkanes of at least 4 members (excludes halogenated alkanes) is 1. The van der Waals surface area contributed by atoms with Gasteiger partial charge in [0.2, 0.25) is 0 Å². The van der Waals surface area contributed by atoms with Crippen molar-refractivity contribution in [3.05, 3.63) is 23.9 Å². The number of urea groups is 1. The lowest BCUT2D eigenvalue weighted by Gasteiger charge is -2.34. The molecule has 28 heavy (non-hydrogen) atoms. The minimum atomic E-state index is -0.114. The van der Waals surface area contributed by atoms with Crippen LogP contribution in [-0.2, 0) is 6.54 Å². The van der Waals surface area contributed by atoms with Crippen molar-refractivity contribution in [3.8, 4) is 0 Å². The molecule has 0 bridgehead atoms. The van der Waals surface area contributed by atoms with Crippen LogP contribution in [0.15, 0.2) is 18.3 Å². The molecule has 0 spiro atoms. The largest absolute Gasteiger partial charge is 0.354 e. The average molecular weight is 391 g/mol. The van der Waals surface area contributed by atoms with Crippen LogP contribution < -0.4 is 15.5 Å². The monoisotopic (exact) mass is 390 g/mol. The second kappa shape index (κ2) is 11.9. The summed E-state index contributed by atoms with van der Waals surface area (Å²) in [6.07, 6.45) is 3.95. The molecule has 0 radical (unpaired) electrons. The number of pyridine rings is 1. The van der Waals surface area contributed by atoms with Crippen LogP contribution in [0.3, 0.4) is 0 Å². The van der Waals surface area contributed by atoms with Gasteiger partial charge in [0.05, 0.1) is 0 Å². The minimum absolute atomic E-state index is 0.114. The zero-order valence-electron chi connectivity index (χ0n) is 18.1. The number of nitrogens with one attached hydrogen (secondary N) is 2. The Labute approximate surface area is 170 Å². The van der Waals surface area contributed by atoms with Gasteiger partial charge in [-0.25, -0.2) is 9.78 Å². The van der Waals surface area contributed by atoms with E-state index in [1.54, 1.807) is 0 Å². The van der Waals surface area contributed by atoms with E-state index < -0.39 is 0 Å². The van der Waals surface area contributed by atoms with Crippen LogP contribution in [0.25, 0.3) is 0 Å². The topological polar surface area (TPSA) is 63.7 Å². The number of likely N-dealkylation sites (N-methyl/N-ethyl adjacent to an activating group) is 1. The number of carbonyl (C=O) groups is 1. The van der Waals surface area contributed by atoms with E-state index in [1.807, 2.05) is 6.20 Å². The molecular weight excluding hydrogens is 352 g/mol. The first-order valence-electron chi connectivity index (χ1n) is 10.6. The van der Waals surface area contributed by atoms with Gasteiger partial charge in [-0.05, 0) is 58.5 Å². The van der Waals surface area contributed by atoms with E-state index in [9.17, 15) is 4.79 Å². The fourth-order valence-corrected chi connectivity index (χ4v) is 3.19. The quantitative estimate of drug-likeness (QED) is 0.600. The molecule has 1 aliphatic heterocycles. The van der Waals surface area contributed by atoms with Gasteiger partial charge < -0.3 is 25.3 Å². The highest BCUT2D eigenvalue weighted by molar-refractivity contribution is 5.73. The molecule has 0 saturated carbocycles. The normalized spacial score (nSPS) is 15.3. The second-order valence-electron chi connectivity index (χ2n) is 7.84. The van der Waals surface area contributed by atoms with E-state index in [1.165, 1.54) is 0 Å². The molecule has 1 aromatic heterocycles. The number of aromatic nitrogens is 1. The van der Waals surface area contributed by atoms with E-state index >= 15 is 0 Å². The van der Waals surface area contributed by atoms with Crippen LogP contribution in [0.2, 0.25) is 0 Å². The lowest BCUT2D eigenvalue weighted by atomic mass is 10.2. The predicted octanol–water partition coefficient (Wildman–Crippen LogP) is 2.14. The molecule has 1 fully saturated rings. The van der Waals surface area contributed by atoms with Gasteiger partial charge in [-0.3, -0.25) is 0 Å². The molecule has 2 rings (SSSR count).